The summed E-state index contributed by atoms with van der Waals surface area (Å²) in [4.78, 5) is 10.9. The molecule has 0 aromatic carbocycles. The molecule has 21 heavy (non-hydrogen) atoms. The van der Waals surface area contributed by atoms with Crippen molar-refractivity contribution in [2.75, 3.05) is 0 Å². The maximum Gasteiger partial charge on any atom is 0.145 e. The van der Waals surface area contributed by atoms with Crippen molar-refractivity contribution in [2.24, 2.45) is 23.2 Å². The normalized spacial score (nSPS) is 33.5. The summed E-state index contributed by atoms with van der Waals surface area (Å²) in [6.07, 6.45) is 10.9. The largest absolute Gasteiger partial charge is 0.298 e. The fourth-order valence-electron chi connectivity index (χ4n) is 4.56. The topological polar surface area (TPSA) is 17.1 Å². The first-order valence-electron chi connectivity index (χ1n) is 8.77. The first kappa shape index (κ1) is 16.5. The van der Waals surface area contributed by atoms with E-state index < -0.39 is 0 Å². The van der Waals surface area contributed by atoms with E-state index >= 15 is 0 Å². The lowest BCUT2D eigenvalue weighted by Gasteiger charge is -2.45. The van der Waals surface area contributed by atoms with Gasteiger partial charge in [0.1, 0.15) is 6.29 Å². The van der Waals surface area contributed by atoms with E-state index in [1.165, 1.54) is 32.1 Å². The van der Waals surface area contributed by atoms with Crippen LogP contribution in [0.1, 0.15) is 73.1 Å². The van der Waals surface area contributed by atoms with Crippen LogP contribution in [0.25, 0.3) is 0 Å². The van der Waals surface area contributed by atoms with Gasteiger partial charge in [0.05, 0.1) is 0 Å². The van der Waals surface area contributed by atoms with Gasteiger partial charge in [0.15, 0.2) is 0 Å². The van der Waals surface area contributed by atoms with Gasteiger partial charge in [-0.2, -0.15) is 0 Å². The first-order valence-corrected chi connectivity index (χ1v) is 8.77. The van der Waals surface area contributed by atoms with Crippen LogP contribution in [0.2, 0.25) is 0 Å². The molecule has 1 nitrogen and oxygen atoms in total. The molecule has 3 atom stereocenters. The molecule has 2 rings (SSSR count). The monoisotopic (exact) mass is 288 g/mol. The molecule has 0 aromatic rings. The molecule has 1 heteroatoms. The third-order valence-corrected chi connectivity index (χ3v) is 6.22. The van der Waals surface area contributed by atoms with E-state index in [-0.39, 0.29) is 0 Å². The van der Waals surface area contributed by atoms with Crippen molar-refractivity contribution in [2.45, 2.75) is 73.1 Å². The molecule has 2 unspecified atom stereocenters. The summed E-state index contributed by atoms with van der Waals surface area (Å²) in [6, 6.07) is 0. The molecule has 1 fully saturated rings. The predicted molar refractivity (Wildman–Crippen MR) is 90.1 cm³/mol. The molecule has 0 aliphatic heterocycles. The average Bonchev–Trinajstić information content (AvgIpc) is 2.89. The van der Waals surface area contributed by atoms with Crippen LogP contribution in [0.5, 0.6) is 0 Å². The summed E-state index contributed by atoms with van der Waals surface area (Å²) >= 11 is 0. The van der Waals surface area contributed by atoms with Crippen LogP contribution < -0.4 is 0 Å². The van der Waals surface area contributed by atoms with Crippen molar-refractivity contribution in [1.82, 2.24) is 0 Å². The van der Waals surface area contributed by atoms with E-state index in [4.69, 9.17) is 0 Å². The average molecular weight is 288 g/mol. The van der Waals surface area contributed by atoms with Crippen molar-refractivity contribution >= 4 is 6.29 Å². The molecule has 0 spiro atoms. The summed E-state index contributed by atoms with van der Waals surface area (Å²) in [5.41, 5.74) is 4.83. The summed E-state index contributed by atoms with van der Waals surface area (Å²) in [6.45, 7) is 11.5. The number of fused-ring (bicyclic) bond motifs is 1. The zero-order chi connectivity index (χ0) is 15.6. The Bertz CT molecular complexity index is 454. The molecule has 0 saturated heterocycles. The fraction of sp³-hybridized carbons (Fsp3) is 0.750. The zero-order valence-corrected chi connectivity index (χ0v) is 14.5. The number of aldehydes is 1. The van der Waals surface area contributed by atoms with Crippen molar-refractivity contribution < 1.29 is 4.79 Å². The van der Waals surface area contributed by atoms with Crippen molar-refractivity contribution in [3.63, 3.8) is 0 Å². The van der Waals surface area contributed by atoms with E-state index in [1.807, 2.05) is 6.92 Å². The van der Waals surface area contributed by atoms with Gasteiger partial charge in [0.25, 0.3) is 0 Å². The van der Waals surface area contributed by atoms with Gasteiger partial charge < -0.3 is 0 Å². The fourth-order valence-corrected chi connectivity index (χ4v) is 4.56. The second-order valence-electron chi connectivity index (χ2n) is 7.77. The summed E-state index contributed by atoms with van der Waals surface area (Å²) in [5.74, 6) is 2.16. The third kappa shape index (κ3) is 3.17. The highest BCUT2D eigenvalue weighted by Crippen LogP contribution is 2.56. The Morgan fingerprint density at radius 3 is 2.67 bits per heavy atom. The Hall–Kier alpha value is -0.850. The van der Waals surface area contributed by atoms with Gasteiger partial charge in [0, 0.05) is 0 Å². The number of carbonyl (C=O) groups excluding carboxylic acids is 1. The molecule has 118 valence electrons. The van der Waals surface area contributed by atoms with Gasteiger partial charge in [-0.25, -0.2) is 0 Å². The SMILES string of the molecule is CC[C@@]1(C)CCC2CCC(C(C)C)=C2C1C/C=C(\C)C=O. The van der Waals surface area contributed by atoms with Gasteiger partial charge in [0.2, 0.25) is 0 Å². The number of carbonyl (C=O) groups is 1. The third-order valence-electron chi connectivity index (χ3n) is 6.22. The van der Waals surface area contributed by atoms with Crippen molar-refractivity contribution in [3.05, 3.63) is 22.8 Å². The van der Waals surface area contributed by atoms with Crippen LogP contribution in [0.3, 0.4) is 0 Å². The Labute approximate surface area is 130 Å². The van der Waals surface area contributed by atoms with E-state index in [0.717, 1.165) is 24.2 Å². The Morgan fingerprint density at radius 2 is 2.10 bits per heavy atom. The second kappa shape index (κ2) is 6.50. The minimum absolute atomic E-state index is 0.413. The predicted octanol–water partition coefficient (Wildman–Crippen LogP) is 5.71. The van der Waals surface area contributed by atoms with Crippen LogP contribution >= 0.6 is 0 Å². The highest BCUT2D eigenvalue weighted by atomic mass is 16.1. The summed E-state index contributed by atoms with van der Waals surface area (Å²) in [7, 11) is 0. The highest BCUT2D eigenvalue weighted by molar-refractivity contribution is 5.71. The van der Waals surface area contributed by atoms with Crippen LogP contribution in [0, 0.1) is 23.2 Å². The molecular formula is C20H32O. The molecule has 0 N–H and O–H groups in total. The number of allylic oxidation sites excluding steroid dienone is 4. The van der Waals surface area contributed by atoms with Crippen molar-refractivity contribution in [1.29, 1.82) is 0 Å². The van der Waals surface area contributed by atoms with Crippen LogP contribution in [0.4, 0.5) is 0 Å². The number of hydrogen-bond acceptors (Lipinski definition) is 1. The molecule has 1 saturated carbocycles. The molecule has 0 radical (unpaired) electrons. The van der Waals surface area contributed by atoms with Gasteiger partial charge >= 0.3 is 0 Å². The summed E-state index contributed by atoms with van der Waals surface area (Å²) < 4.78 is 0. The van der Waals surface area contributed by atoms with Gasteiger partial charge in [-0.05, 0) is 67.8 Å². The molecule has 0 heterocycles. The lowest BCUT2D eigenvalue weighted by Crippen LogP contribution is -2.35. The van der Waals surface area contributed by atoms with Gasteiger partial charge in [-0.15, -0.1) is 0 Å². The second-order valence-corrected chi connectivity index (χ2v) is 7.77. The minimum atomic E-state index is 0.413. The molecule has 0 aromatic heterocycles. The Balaban J connectivity index is 2.39. The van der Waals surface area contributed by atoms with E-state index in [1.54, 1.807) is 11.1 Å². The standard InChI is InChI=1S/C20H32O/c1-6-20(5)12-11-16-8-9-17(14(2)3)19(16)18(20)10-7-15(4)13-21/h7,13-14,16,18H,6,8-12H2,1-5H3/b15-7+/t16?,18?,20-/m0/s1. The van der Waals surface area contributed by atoms with Crippen LogP contribution in [-0.4, -0.2) is 6.29 Å². The van der Waals surface area contributed by atoms with Crippen LogP contribution in [-0.2, 0) is 4.79 Å². The lowest BCUT2D eigenvalue weighted by molar-refractivity contribution is -0.104. The summed E-state index contributed by atoms with van der Waals surface area (Å²) in [5, 5.41) is 0. The molecule has 2 aliphatic carbocycles. The molecule has 2 aliphatic rings. The Morgan fingerprint density at radius 1 is 1.38 bits per heavy atom. The van der Waals surface area contributed by atoms with Crippen LogP contribution in [0.15, 0.2) is 22.8 Å². The Kier molecular flexibility index (Phi) is 5.11. The quantitative estimate of drug-likeness (QED) is 0.360. The highest BCUT2D eigenvalue weighted by Gasteiger charge is 2.44. The molecule has 0 bridgehead atoms. The zero-order valence-electron chi connectivity index (χ0n) is 14.5. The van der Waals surface area contributed by atoms with Crippen molar-refractivity contribution in [3.8, 4) is 0 Å². The lowest BCUT2D eigenvalue weighted by atomic mass is 9.59. The number of rotatable bonds is 5. The smallest absolute Gasteiger partial charge is 0.145 e. The molecule has 0 amide bonds. The maximum absolute atomic E-state index is 10.9. The van der Waals surface area contributed by atoms with Gasteiger partial charge in [-0.1, -0.05) is 51.3 Å². The minimum Gasteiger partial charge on any atom is -0.298 e. The maximum atomic E-state index is 10.9. The van der Waals surface area contributed by atoms with E-state index in [2.05, 4.69) is 33.8 Å². The van der Waals surface area contributed by atoms with Gasteiger partial charge in [-0.3, -0.25) is 4.79 Å². The van der Waals surface area contributed by atoms with E-state index in [9.17, 15) is 4.79 Å². The number of hydrogen-bond donors (Lipinski definition) is 0. The molecular weight excluding hydrogens is 256 g/mol. The first-order chi connectivity index (χ1) is 9.92. The van der Waals surface area contributed by atoms with E-state index in [0.29, 0.717) is 17.3 Å².